The Morgan fingerprint density at radius 2 is 2.07 bits per heavy atom. The lowest BCUT2D eigenvalue weighted by Gasteiger charge is -2.46. The molecule has 0 unspecified atom stereocenters. The third kappa shape index (κ3) is 4.05. The number of H-pyrrole nitrogens is 1. The molecule has 2 atom stereocenters. The monoisotopic (exact) mass is 413 g/mol. The van der Waals surface area contributed by atoms with E-state index in [1.807, 2.05) is 13.2 Å². The zero-order valence-corrected chi connectivity index (χ0v) is 18.0. The predicted molar refractivity (Wildman–Crippen MR) is 117 cm³/mol. The lowest BCUT2D eigenvalue weighted by atomic mass is 9.82. The Kier molecular flexibility index (Phi) is 5.54. The van der Waals surface area contributed by atoms with Crippen LogP contribution < -0.4 is 5.56 Å². The zero-order chi connectivity index (χ0) is 19.8. The molecule has 0 aliphatic carbocycles. The highest BCUT2D eigenvalue weighted by molar-refractivity contribution is 7.99. The van der Waals surface area contributed by atoms with Gasteiger partial charge in [0, 0.05) is 61.8 Å². The van der Waals surface area contributed by atoms with Gasteiger partial charge in [-0.1, -0.05) is 6.07 Å². The lowest BCUT2D eigenvalue weighted by molar-refractivity contribution is 0.0773. The van der Waals surface area contributed by atoms with Crippen LogP contribution >= 0.6 is 11.8 Å². The molecule has 2 aromatic heterocycles. The van der Waals surface area contributed by atoms with Crippen molar-refractivity contribution in [1.29, 1.82) is 0 Å². The minimum Gasteiger partial charge on any atom is -0.348 e. The summed E-state index contributed by atoms with van der Waals surface area (Å²) in [5.41, 5.74) is 2.37. The van der Waals surface area contributed by atoms with Crippen LogP contribution in [0.4, 0.5) is 0 Å². The molecule has 5 heterocycles. The summed E-state index contributed by atoms with van der Waals surface area (Å²) in [6, 6.07) is 5.07. The van der Waals surface area contributed by atoms with Crippen molar-refractivity contribution in [2.45, 2.75) is 50.9 Å². The third-order valence-electron chi connectivity index (χ3n) is 6.83. The van der Waals surface area contributed by atoms with Crippen LogP contribution in [-0.2, 0) is 19.6 Å². The van der Waals surface area contributed by atoms with Gasteiger partial charge in [-0.15, -0.1) is 0 Å². The number of likely N-dealkylation sites (tertiary alicyclic amines) is 1. The Hall–Kier alpha value is -1.57. The van der Waals surface area contributed by atoms with Crippen LogP contribution in [-0.4, -0.2) is 62.0 Å². The number of rotatable bonds is 5. The molecule has 156 valence electrons. The second-order valence-corrected chi connectivity index (χ2v) is 10.2. The van der Waals surface area contributed by atoms with E-state index in [-0.39, 0.29) is 5.56 Å². The van der Waals surface area contributed by atoms with Crippen LogP contribution in [0.2, 0.25) is 0 Å². The maximum atomic E-state index is 13.3. The highest BCUT2D eigenvalue weighted by Crippen LogP contribution is 2.37. The molecule has 0 aromatic carbocycles. The third-order valence-corrected chi connectivity index (χ3v) is 7.88. The number of aromatic amines is 1. The summed E-state index contributed by atoms with van der Waals surface area (Å²) < 4.78 is 2.10. The first-order valence-corrected chi connectivity index (χ1v) is 12.0. The van der Waals surface area contributed by atoms with Gasteiger partial charge in [0.05, 0.1) is 6.54 Å². The molecule has 2 saturated heterocycles. The largest absolute Gasteiger partial charge is 0.348 e. The second kappa shape index (κ2) is 8.28. The van der Waals surface area contributed by atoms with Gasteiger partial charge in [-0.05, 0) is 49.8 Å². The minimum absolute atomic E-state index is 0.214. The first-order chi connectivity index (χ1) is 14.2. The SMILES string of the molecule is CN(Cc1ncc[nH]1)Cc1ccc2n(c1=O)C[C@H]1C[C@@H]2CN(C2CCSCC2)C1. The first kappa shape index (κ1) is 19.4. The number of pyridine rings is 1. The molecule has 2 fully saturated rings. The molecular weight excluding hydrogens is 382 g/mol. The van der Waals surface area contributed by atoms with E-state index in [0.29, 0.717) is 24.9 Å². The van der Waals surface area contributed by atoms with Crippen LogP contribution in [0.3, 0.4) is 0 Å². The number of hydrogen-bond acceptors (Lipinski definition) is 5. The van der Waals surface area contributed by atoms with E-state index >= 15 is 0 Å². The summed E-state index contributed by atoms with van der Waals surface area (Å²) in [7, 11) is 2.04. The van der Waals surface area contributed by atoms with Crippen LogP contribution in [0.5, 0.6) is 0 Å². The Morgan fingerprint density at radius 1 is 1.21 bits per heavy atom. The average Bonchev–Trinajstić information content (AvgIpc) is 3.24. The van der Waals surface area contributed by atoms with Crippen molar-refractivity contribution in [2.24, 2.45) is 5.92 Å². The molecule has 0 amide bonds. The van der Waals surface area contributed by atoms with Crippen molar-refractivity contribution in [3.05, 3.63) is 52.0 Å². The fourth-order valence-electron chi connectivity index (χ4n) is 5.48. The predicted octanol–water partition coefficient (Wildman–Crippen LogP) is 2.52. The highest BCUT2D eigenvalue weighted by atomic mass is 32.2. The minimum atomic E-state index is 0.214. The molecule has 2 bridgehead atoms. The molecule has 29 heavy (non-hydrogen) atoms. The molecule has 7 heteroatoms. The topological polar surface area (TPSA) is 57.2 Å². The molecule has 0 spiro atoms. The molecule has 2 aromatic rings. The Morgan fingerprint density at radius 3 is 2.86 bits per heavy atom. The van der Waals surface area contributed by atoms with Crippen molar-refractivity contribution < 1.29 is 0 Å². The van der Waals surface area contributed by atoms with E-state index < -0.39 is 0 Å². The van der Waals surface area contributed by atoms with Crippen molar-refractivity contribution in [2.75, 3.05) is 31.6 Å². The summed E-state index contributed by atoms with van der Waals surface area (Å²) in [5.74, 6) is 4.67. The first-order valence-electron chi connectivity index (χ1n) is 10.9. The summed E-state index contributed by atoms with van der Waals surface area (Å²) in [6.45, 7) is 4.55. The highest BCUT2D eigenvalue weighted by Gasteiger charge is 2.37. The molecule has 6 nitrogen and oxygen atoms in total. The van der Waals surface area contributed by atoms with Crippen LogP contribution in [0, 0.1) is 5.92 Å². The van der Waals surface area contributed by atoms with Gasteiger partial charge in [-0.25, -0.2) is 4.98 Å². The molecule has 3 aliphatic rings. The van der Waals surface area contributed by atoms with E-state index in [1.165, 1.54) is 43.0 Å². The Labute approximate surface area is 176 Å². The quantitative estimate of drug-likeness (QED) is 0.816. The number of piperidine rings is 1. The second-order valence-electron chi connectivity index (χ2n) is 9.00. The van der Waals surface area contributed by atoms with Crippen molar-refractivity contribution in [3.63, 3.8) is 0 Å². The number of nitrogens with one attached hydrogen (secondary N) is 1. The molecule has 3 aliphatic heterocycles. The van der Waals surface area contributed by atoms with E-state index in [0.717, 1.165) is 30.5 Å². The van der Waals surface area contributed by atoms with Crippen LogP contribution in [0.1, 0.15) is 42.3 Å². The van der Waals surface area contributed by atoms with Gasteiger partial charge in [0.15, 0.2) is 0 Å². The molecule has 5 rings (SSSR count). The van der Waals surface area contributed by atoms with Gasteiger partial charge >= 0.3 is 0 Å². The summed E-state index contributed by atoms with van der Waals surface area (Å²) in [6.07, 6.45) is 7.52. The molecule has 1 N–H and O–H groups in total. The zero-order valence-electron chi connectivity index (χ0n) is 17.2. The van der Waals surface area contributed by atoms with Gasteiger partial charge in [0.25, 0.3) is 5.56 Å². The number of thioether (sulfide) groups is 1. The van der Waals surface area contributed by atoms with Crippen molar-refractivity contribution >= 4 is 11.8 Å². The van der Waals surface area contributed by atoms with Gasteiger partial charge < -0.3 is 9.55 Å². The molecule has 0 saturated carbocycles. The van der Waals surface area contributed by atoms with Crippen molar-refractivity contribution in [1.82, 2.24) is 24.3 Å². The summed E-state index contributed by atoms with van der Waals surface area (Å²) in [4.78, 5) is 25.6. The number of nitrogens with zero attached hydrogens (tertiary/aromatic N) is 4. The van der Waals surface area contributed by atoms with Crippen LogP contribution in [0.15, 0.2) is 29.3 Å². The summed E-state index contributed by atoms with van der Waals surface area (Å²) in [5, 5.41) is 0. The van der Waals surface area contributed by atoms with Crippen molar-refractivity contribution in [3.8, 4) is 0 Å². The Balaban J connectivity index is 1.32. The number of aromatic nitrogens is 3. The molecule has 0 radical (unpaired) electrons. The maximum absolute atomic E-state index is 13.3. The maximum Gasteiger partial charge on any atom is 0.255 e. The van der Waals surface area contributed by atoms with E-state index in [9.17, 15) is 4.79 Å². The fraction of sp³-hybridized carbons (Fsp3) is 0.636. The number of fused-ring (bicyclic) bond motifs is 4. The van der Waals surface area contributed by atoms with E-state index in [4.69, 9.17) is 0 Å². The van der Waals surface area contributed by atoms with E-state index in [2.05, 4.69) is 48.2 Å². The average molecular weight is 414 g/mol. The number of hydrogen-bond donors (Lipinski definition) is 1. The normalized spacial score (nSPS) is 25.3. The van der Waals surface area contributed by atoms with Gasteiger partial charge in [-0.2, -0.15) is 11.8 Å². The Bertz CT molecular complexity index is 889. The summed E-state index contributed by atoms with van der Waals surface area (Å²) >= 11 is 2.10. The van der Waals surface area contributed by atoms with Gasteiger partial charge in [0.1, 0.15) is 5.82 Å². The van der Waals surface area contributed by atoms with Gasteiger partial charge in [-0.3, -0.25) is 14.6 Å². The van der Waals surface area contributed by atoms with E-state index in [1.54, 1.807) is 6.20 Å². The fourth-order valence-corrected chi connectivity index (χ4v) is 6.57. The standard InChI is InChI=1S/C22H31N5OS/c1-25(15-21-23-6-7-24-21)13-17-2-3-20-18-10-16(12-27(20)22(17)28)11-26(14-18)19-4-8-29-9-5-19/h2-3,6-7,16,18-19H,4-5,8-15H2,1H3,(H,23,24)/t16-,18+/m0/s1. The smallest absolute Gasteiger partial charge is 0.255 e. The van der Waals surface area contributed by atoms with Crippen LogP contribution in [0.25, 0.3) is 0 Å². The lowest BCUT2D eigenvalue weighted by Crippen LogP contribution is -2.51. The number of imidazole rings is 1. The molecular formula is C22H31N5OS. The van der Waals surface area contributed by atoms with Gasteiger partial charge in [0.2, 0.25) is 0 Å².